The van der Waals surface area contributed by atoms with E-state index < -0.39 is 17.8 Å². The van der Waals surface area contributed by atoms with Gasteiger partial charge in [-0.25, -0.2) is 0 Å². The van der Waals surface area contributed by atoms with Crippen molar-refractivity contribution in [3.05, 3.63) is 23.5 Å². The van der Waals surface area contributed by atoms with Crippen molar-refractivity contribution in [1.29, 1.82) is 0 Å². The van der Waals surface area contributed by atoms with Gasteiger partial charge in [0.25, 0.3) is 5.91 Å². The number of nitrogens with one attached hydrogen (secondary N) is 2. The molecular formula is C16H24F3N3O2. The van der Waals surface area contributed by atoms with Gasteiger partial charge < -0.3 is 15.0 Å². The summed E-state index contributed by atoms with van der Waals surface area (Å²) in [5.41, 5.74) is -1.22. The van der Waals surface area contributed by atoms with Crippen molar-refractivity contribution in [2.75, 3.05) is 26.7 Å². The van der Waals surface area contributed by atoms with Gasteiger partial charge in [0.1, 0.15) is 5.69 Å². The van der Waals surface area contributed by atoms with Gasteiger partial charge in [0, 0.05) is 38.5 Å². The Bertz CT molecular complexity index is 561. The highest BCUT2D eigenvalue weighted by molar-refractivity contribution is 5.94. The Labute approximate surface area is 139 Å². The first kappa shape index (κ1) is 18.8. The first-order valence-electron chi connectivity index (χ1n) is 7.95. The average molecular weight is 347 g/mol. The minimum absolute atomic E-state index is 0.0174. The molecule has 0 bridgehead atoms. The fourth-order valence-corrected chi connectivity index (χ4v) is 2.90. The molecule has 8 heteroatoms. The molecule has 0 unspecified atom stereocenters. The summed E-state index contributed by atoms with van der Waals surface area (Å²) in [6.45, 7) is 6.11. The minimum Gasteiger partial charge on any atom is -0.381 e. The van der Waals surface area contributed by atoms with Crippen LogP contribution in [-0.4, -0.2) is 54.2 Å². The van der Waals surface area contributed by atoms with Crippen LogP contribution in [0.2, 0.25) is 0 Å². The molecule has 1 fully saturated rings. The molecule has 1 aliphatic heterocycles. The molecule has 0 aliphatic carbocycles. The number of methoxy groups -OCH3 is 1. The van der Waals surface area contributed by atoms with E-state index in [1.54, 1.807) is 7.11 Å². The zero-order valence-corrected chi connectivity index (χ0v) is 14.2. The van der Waals surface area contributed by atoms with E-state index in [4.69, 9.17) is 4.74 Å². The topological polar surface area (TPSA) is 57.4 Å². The number of carbonyl (C=O) groups is 1. The maximum Gasteiger partial charge on any atom is 0.431 e. The highest BCUT2D eigenvalue weighted by Crippen LogP contribution is 2.28. The molecule has 0 atom stereocenters. The first-order chi connectivity index (χ1) is 11.1. The van der Waals surface area contributed by atoms with E-state index in [1.165, 1.54) is 0 Å². The zero-order valence-electron chi connectivity index (χ0n) is 14.2. The Morgan fingerprint density at radius 2 is 2.00 bits per heavy atom. The maximum absolute atomic E-state index is 12.6. The van der Waals surface area contributed by atoms with Crippen LogP contribution in [0, 0.1) is 0 Å². The molecular weight excluding hydrogens is 323 g/mol. The number of aromatic nitrogens is 1. The SMILES string of the molecule is COC1CCN(C(C)(C)CNC(=O)c2c[nH]c(C(F)(F)F)c2)CC1. The van der Waals surface area contributed by atoms with Crippen LogP contribution in [0.4, 0.5) is 13.2 Å². The zero-order chi connectivity index (χ0) is 18.0. The van der Waals surface area contributed by atoms with Gasteiger partial charge in [-0.2, -0.15) is 13.2 Å². The third kappa shape index (κ3) is 4.51. The molecule has 5 nitrogen and oxygen atoms in total. The highest BCUT2D eigenvalue weighted by atomic mass is 19.4. The molecule has 1 aromatic rings. The molecule has 136 valence electrons. The molecule has 2 heterocycles. The molecule has 24 heavy (non-hydrogen) atoms. The third-order valence-corrected chi connectivity index (χ3v) is 4.56. The van der Waals surface area contributed by atoms with Gasteiger partial charge in [0.15, 0.2) is 0 Å². The van der Waals surface area contributed by atoms with E-state index in [0.29, 0.717) is 6.54 Å². The Morgan fingerprint density at radius 1 is 1.38 bits per heavy atom. The van der Waals surface area contributed by atoms with Crippen LogP contribution in [0.5, 0.6) is 0 Å². The molecule has 2 rings (SSSR count). The second-order valence-electron chi connectivity index (χ2n) is 6.72. The Kier molecular flexibility index (Phi) is 5.59. The summed E-state index contributed by atoms with van der Waals surface area (Å²) in [4.78, 5) is 16.4. The number of hydrogen-bond donors (Lipinski definition) is 2. The van der Waals surface area contributed by atoms with E-state index in [1.807, 2.05) is 13.8 Å². The molecule has 0 aromatic carbocycles. The average Bonchev–Trinajstić information content (AvgIpc) is 3.03. The van der Waals surface area contributed by atoms with Gasteiger partial charge in [-0.15, -0.1) is 0 Å². The van der Waals surface area contributed by atoms with Crippen LogP contribution in [0.15, 0.2) is 12.3 Å². The molecule has 0 saturated carbocycles. The predicted molar refractivity (Wildman–Crippen MR) is 83.8 cm³/mol. The number of hydrogen-bond acceptors (Lipinski definition) is 3. The molecule has 1 amide bonds. The van der Waals surface area contributed by atoms with Gasteiger partial charge in [-0.3, -0.25) is 9.69 Å². The third-order valence-electron chi connectivity index (χ3n) is 4.56. The van der Waals surface area contributed by atoms with Crippen LogP contribution in [0.1, 0.15) is 42.7 Å². The number of rotatable bonds is 5. The molecule has 1 saturated heterocycles. The van der Waals surface area contributed by atoms with Crippen LogP contribution >= 0.6 is 0 Å². The quantitative estimate of drug-likeness (QED) is 0.861. The minimum atomic E-state index is -4.48. The number of carbonyl (C=O) groups excluding carboxylic acids is 1. The van der Waals surface area contributed by atoms with E-state index in [0.717, 1.165) is 38.2 Å². The number of piperidine rings is 1. The first-order valence-corrected chi connectivity index (χ1v) is 7.95. The lowest BCUT2D eigenvalue weighted by molar-refractivity contribution is -0.140. The molecule has 1 aliphatic rings. The van der Waals surface area contributed by atoms with E-state index in [9.17, 15) is 18.0 Å². The molecule has 0 radical (unpaired) electrons. The summed E-state index contributed by atoms with van der Waals surface area (Å²) < 4.78 is 43.0. The van der Waals surface area contributed by atoms with E-state index in [2.05, 4.69) is 15.2 Å². The van der Waals surface area contributed by atoms with Crippen molar-refractivity contribution in [3.63, 3.8) is 0 Å². The highest BCUT2D eigenvalue weighted by Gasteiger charge is 2.34. The number of nitrogens with zero attached hydrogens (tertiary/aromatic N) is 1. The summed E-state index contributed by atoms with van der Waals surface area (Å²) >= 11 is 0. The van der Waals surface area contributed by atoms with E-state index >= 15 is 0 Å². The number of aromatic amines is 1. The van der Waals surface area contributed by atoms with Crippen molar-refractivity contribution in [3.8, 4) is 0 Å². The standard InChI is InChI=1S/C16H24F3N3O2/c1-15(2,22-6-4-12(24-3)5-7-22)10-21-14(23)11-8-13(20-9-11)16(17,18)19/h8-9,12,20H,4-7,10H2,1-3H3,(H,21,23). The summed E-state index contributed by atoms with van der Waals surface area (Å²) in [5.74, 6) is -0.512. The fraction of sp³-hybridized carbons (Fsp3) is 0.688. The Morgan fingerprint density at radius 3 is 2.50 bits per heavy atom. The van der Waals surface area contributed by atoms with Gasteiger partial charge in [0.2, 0.25) is 0 Å². The predicted octanol–water partition coefficient (Wildman–Crippen LogP) is 2.65. The monoisotopic (exact) mass is 347 g/mol. The Balaban J connectivity index is 1.89. The second-order valence-corrected chi connectivity index (χ2v) is 6.72. The number of alkyl halides is 3. The van der Waals surface area contributed by atoms with Crippen LogP contribution < -0.4 is 5.32 Å². The lowest BCUT2D eigenvalue weighted by Gasteiger charge is -2.42. The molecule has 1 aromatic heterocycles. The summed E-state index contributed by atoms with van der Waals surface area (Å²) in [6, 6.07) is 0.826. The van der Waals surface area contributed by atoms with Crippen molar-refractivity contribution in [2.24, 2.45) is 0 Å². The van der Waals surface area contributed by atoms with Crippen molar-refractivity contribution < 1.29 is 22.7 Å². The van der Waals surface area contributed by atoms with Gasteiger partial charge in [-0.1, -0.05) is 0 Å². The summed E-state index contributed by atoms with van der Waals surface area (Å²) in [6.07, 6.45) is -1.27. The molecule has 0 spiro atoms. The van der Waals surface area contributed by atoms with Crippen LogP contribution in [-0.2, 0) is 10.9 Å². The number of H-pyrrole nitrogens is 1. The van der Waals surface area contributed by atoms with Gasteiger partial charge >= 0.3 is 6.18 Å². The van der Waals surface area contributed by atoms with Crippen LogP contribution in [0.25, 0.3) is 0 Å². The number of ether oxygens (including phenoxy) is 1. The lowest BCUT2D eigenvalue weighted by Crippen LogP contribution is -2.54. The van der Waals surface area contributed by atoms with E-state index in [-0.39, 0.29) is 17.2 Å². The van der Waals surface area contributed by atoms with Crippen molar-refractivity contribution in [1.82, 2.24) is 15.2 Å². The second kappa shape index (κ2) is 7.14. The number of likely N-dealkylation sites (tertiary alicyclic amines) is 1. The summed E-state index contributed by atoms with van der Waals surface area (Å²) in [7, 11) is 1.71. The fourth-order valence-electron chi connectivity index (χ4n) is 2.90. The normalized spacial score (nSPS) is 17.9. The van der Waals surface area contributed by atoms with Gasteiger partial charge in [-0.05, 0) is 32.8 Å². The Hall–Kier alpha value is -1.54. The summed E-state index contributed by atoms with van der Waals surface area (Å²) in [5, 5.41) is 2.73. The smallest absolute Gasteiger partial charge is 0.381 e. The van der Waals surface area contributed by atoms with Crippen molar-refractivity contribution >= 4 is 5.91 Å². The van der Waals surface area contributed by atoms with Gasteiger partial charge in [0.05, 0.1) is 11.7 Å². The number of amides is 1. The van der Waals surface area contributed by atoms with Crippen LogP contribution in [0.3, 0.4) is 0 Å². The largest absolute Gasteiger partial charge is 0.431 e. The number of halogens is 3. The lowest BCUT2D eigenvalue weighted by atomic mass is 9.97. The maximum atomic E-state index is 12.6. The van der Waals surface area contributed by atoms with Crippen molar-refractivity contribution in [2.45, 2.75) is 44.5 Å². The molecule has 2 N–H and O–H groups in total.